The molecule has 0 radical (unpaired) electrons. The number of hydrogen-bond donors (Lipinski definition) is 4. The topological polar surface area (TPSA) is 127 Å². The summed E-state index contributed by atoms with van der Waals surface area (Å²) in [6, 6.07) is 5.63. The highest BCUT2D eigenvalue weighted by molar-refractivity contribution is 5.88. The van der Waals surface area contributed by atoms with E-state index in [0.717, 1.165) is 0 Å². The molecule has 0 unspecified atom stereocenters. The lowest BCUT2D eigenvalue weighted by atomic mass is 10.1. The van der Waals surface area contributed by atoms with Gasteiger partial charge in [0, 0.05) is 18.3 Å². The number of fused-ring (bicyclic) bond motifs is 1. The molecule has 0 aliphatic carbocycles. The molecule has 3 rings (SSSR count). The number of nitrogens with two attached hydrogens (primary N) is 1. The Labute approximate surface area is 160 Å². The van der Waals surface area contributed by atoms with E-state index in [-0.39, 0.29) is 23.7 Å². The number of halogens is 1. The summed E-state index contributed by atoms with van der Waals surface area (Å²) in [5, 5.41) is 18.4. The number of hydrogen-bond acceptors (Lipinski definition) is 6. The summed E-state index contributed by atoms with van der Waals surface area (Å²) in [7, 11) is 0. The fourth-order valence-electron chi connectivity index (χ4n) is 2.68. The van der Waals surface area contributed by atoms with E-state index in [1.54, 1.807) is 18.3 Å². The summed E-state index contributed by atoms with van der Waals surface area (Å²) < 4.78 is 21.0. The average molecular weight is 388 g/mol. The first-order valence-electron chi connectivity index (χ1n) is 8.64. The lowest BCUT2D eigenvalue weighted by Crippen LogP contribution is -2.24. The van der Waals surface area contributed by atoms with Crippen molar-refractivity contribution in [3.05, 3.63) is 48.0 Å². The van der Waals surface area contributed by atoms with E-state index in [0.29, 0.717) is 29.3 Å². The van der Waals surface area contributed by atoms with Gasteiger partial charge in [-0.15, -0.1) is 0 Å². The highest BCUT2D eigenvalue weighted by atomic mass is 19.1. The zero-order chi connectivity index (χ0) is 20.3. The first-order valence-corrected chi connectivity index (χ1v) is 8.64. The van der Waals surface area contributed by atoms with Crippen molar-refractivity contribution in [3.63, 3.8) is 0 Å². The zero-order valence-electron chi connectivity index (χ0n) is 15.4. The first kappa shape index (κ1) is 19.4. The summed E-state index contributed by atoms with van der Waals surface area (Å²) in [5.74, 6) is 0.609. The Balaban J connectivity index is 1.87. The first-order chi connectivity index (χ1) is 13.4. The number of nitrogens with one attached hydrogen (secondary N) is 2. The molecule has 1 amide bonds. The summed E-state index contributed by atoms with van der Waals surface area (Å²) in [4.78, 5) is 15.3. The van der Waals surface area contributed by atoms with Gasteiger partial charge in [0.25, 0.3) is 0 Å². The van der Waals surface area contributed by atoms with Gasteiger partial charge in [-0.1, -0.05) is 0 Å². The van der Waals surface area contributed by atoms with Gasteiger partial charge >= 0.3 is 6.09 Å². The number of nitrogens with zero attached hydrogens (tertiary/aromatic N) is 3. The molecule has 28 heavy (non-hydrogen) atoms. The van der Waals surface area contributed by atoms with Gasteiger partial charge in [0.2, 0.25) is 0 Å². The van der Waals surface area contributed by atoms with Crippen LogP contribution in [0.5, 0.6) is 5.75 Å². The van der Waals surface area contributed by atoms with Gasteiger partial charge in [-0.25, -0.2) is 18.7 Å². The van der Waals surface area contributed by atoms with Gasteiger partial charge in [-0.05, 0) is 38.1 Å². The number of rotatable bonds is 7. The number of anilines is 2. The SMILES string of the molecule is C[C@@H](CN)Oc1ccc(F)cc1[C@@H](C)Nc1ccn2ncc(NC(=O)O)c2n1. The second-order valence-corrected chi connectivity index (χ2v) is 6.28. The van der Waals surface area contributed by atoms with Gasteiger partial charge in [-0.3, -0.25) is 5.32 Å². The number of carbonyl (C=O) groups is 1. The number of amides is 1. The normalized spacial score (nSPS) is 13.1. The molecule has 0 fully saturated rings. The van der Waals surface area contributed by atoms with Crippen LogP contribution in [0.2, 0.25) is 0 Å². The fraction of sp³-hybridized carbons (Fsp3) is 0.278. The lowest BCUT2D eigenvalue weighted by Gasteiger charge is -2.21. The predicted octanol–water partition coefficient (Wildman–Crippen LogP) is 2.86. The van der Waals surface area contributed by atoms with Crippen LogP contribution in [0, 0.1) is 5.82 Å². The Morgan fingerprint density at radius 1 is 1.39 bits per heavy atom. The third-order valence-corrected chi connectivity index (χ3v) is 4.07. The van der Waals surface area contributed by atoms with E-state index < -0.39 is 6.09 Å². The van der Waals surface area contributed by atoms with Crippen LogP contribution in [-0.4, -0.2) is 38.4 Å². The van der Waals surface area contributed by atoms with Gasteiger partial charge in [0.1, 0.15) is 29.2 Å². The van der Waals surface area contributed by atoms with Crippen LogP contribution in [0.15, 0.2) is 36.7 Å². The minimum Gasteiger partial charge on any atom is -0.489 e. The van der Waals surface area contributed by atoms with Crippen molar-refractivity contribution < 1.29 is 19.0 Å². The van der Waals surface area contributed by atoms with Crippen molar-refractivity contribution in [2.45, 2.75) is 26.0 Å². The van der Waals surface area contributed by atoms with Crippen LogP contribution >= 0.6 is 0 Å². The van der Waals surface area contributed by atoms with Crippen molar-refractivity contribution in [2.75, 3.05) is 17.2 Å². The van der Waals surface area contributed by atoms with Crippen molar-refractivity contribution in [2.24, 2.45) is 5.73 Å². The second-order valence-electron chi connectivity index (χ2n) is 6.28. The molecule has 0 spiro atoms. The van der Waals surface area contributed by atoms with Crippen LogP contribution in [-0.2, 0) is 0 Å². The largest absolute Gasteiger partial charge is 0.489 e. The van der Waals surface area contributed by atoms with Gasteiger partial charge < -0.3 is 20.9 Å². The third-order valence-electron chi connectivity index (χ3n) is 4.07. The Morgan fingerprint density at radius 2 is 2.18 bits per heavy atom. The van der Waals surface area contributed by atoms with E-state index in [2.05, 4.69) is 20.7 Å². The maximum atomic E-state index is 13.8. The molecule has 148 valence electrons. The molecule has 0 saturated heterocycles. The summed E-state index contributed by atoms with van der Waals surface area (Å²) in [6.45, 7) is 4.00. The van der Waals surface area contributed by atoms with Crippen molar-refractivity contribution in [1.82, 2.24) is 14.6 Å². The third kappa shape index (κ3) is 4.29. The van der Waals surface area contributed by atoms with E-state index in [1.807, 2.05) is 13.8 Å². The van der Waals surface area contributed by atoms with Gasteiger partial charge in [0.05, 0.1) is 12.2 Å². The Bertz CT molecular complexity index is 993. The van der Waals surface area contributed by atoms with E-state index >= 15 is 0 Å². The number of benzene rings is 1. The average Bonchev–Trinajstić information content (AvgIpc) is 3.04. The molecule has 2 aromatic heterocycles. The Morgan fingerprint density at radius 3 is 2.89 bits per heavy atom. The highest BCUT2D eigenvalue weighted by Crippen LogP contribution is 2.29. The molecule has 9 nitrogen and oxygen atoms in total. The minimum atomic E-state index is -1.21. The van der Waals surface area contributed by atoms with E-state index in [9.17, 15) is 9.18 Å². The van der Waals surface area contributed by atoms with E-state index in [4.69, 9.17) is 15.6 Å². The summed E-state index contributed by atoms with van der Waals surface area (Å²) >= 11 is 0. The molecule has 0 aliphatic heterocycles. The maximum Gasteiger partial charge on any atom is 0.409 e. The lowest BCUT2D eigenvalue weighted by molar-refractivity contribution is 0.210. The van der Waals surface area contributed by atoms with Gasteiger partial charge in [-0.2, -0.15) is 5.10 Å². The van der Waals surface area contributed by atoms with Crippen LogP contribution in [0.4, 0.5) is 20.7 Å². The molecule has 2 heterocycles. The van der Waals surface area contributed by atoms with Crippen molar-refractivity contribution >= 4 is 23.2 Å². The van der Waals surface area contributed by atoms with Crippen LogP contribution in [0.25, 0.3) is 5.65 Å². The molecule has 3 aromatic rings. The Hall–Kier alpha value is -3.40. The Kier molecular flexibility index (Phi) is 5.59. The molecular formula is C18H21FN6O3. The second kappa shape index (κ2) is 8.09. The predicted molar refractivity (Wildman–Crippen MR) is 102 cm³/mol. The molecular weight excluding hydrogens is 367 g/mol. The fourth-order valence-corrected chi connectivity index (χ4v) is 2.68. The molecule has 0 aliphatic rings. The summed E-state index contributed by atoms with van der Waals surface area (Å²) in [5.41, 5.74) is 6.82. The highest BCUT2D eigenvalue weighted by Gasteiger charge is 2.16. The summed E-state index contributed by atoms with van der Waals surface area (Å²) in [6.07, 6.45) is 1.58. The molecule has 0 saturated carbocycles. The number of ether oxygens (including phenoxy) is 1. The zero-order valence-corrected chi connectivity index (χ0v) is 15.4. The quantitative estimate of drug-likeness (QED) is 0.490. The van der Waals surface area contributed by atoms with Gasteiger partial charge in [0.15, 0.2) is 5.65 Å². The van der Waals surface area contributed by atoms with E-state index in [1.165, 1.54) is 22.8 Å². The number of carboxylic acid groups (broad SMARTS) is 1. The molecule has 0 bridgehead atoms. The maximum absolute atomic E-state index is 13.8. The monoisotopic (exact) mass is 388 g/mol. The standard InChI is InChI=1S/C18H21FN6O3/c1-10(8-20)28-15-4-3-12(19)7-13(15)11(2)22-16-5-6-25-17(24-16)14(9-21-25)23-18(26)27/h3-7,9-11,23H,8,20H2,1-2H3,(H,22,24)(H,26,27)/t10-,11+/m0/s1. The molecule has 2 atom stereocenters. The van der Waals surface area contributed by atoms with Crippen LogP contribution in [0.3, 0.4) is 0 Å². The number of aromatic nitrogens is 3. The smallest absolute Gasteiger partial charge is 0.409 e. The molecule has 1 aromatic carbocycles. The van der Waals surface area contributed by atoms with Crippen LogP contribution in [0.1, 0.15) is 25.5 Å². The molecule has 5 N–H and O–H groups in total. The van der Waals surface area contributed by atoms with Crippen molar-refractivity contribution in [1.29, 1.82) is 0 Å². The minimum absolute atomic E-state index is 0.220. The van der Waals surface area contributed by atoms with Crippen LogP contribution < -0.4 is 21.1 Å². The van der Waals surface area contributed by atoms with Crippen molar-refractivity contribution in [3.8, 4) is 5.75 Å². The molecule has 10 heteroatoms.